The van der Waals surface area contributed by atoms with Crippen LogP contribution in [0, 0.1) is 11.3 Å². The van der Waals surface area contributed by atoms with Gasteiger partial charge in [-0.1, -0.05) is 13.8 Å². The molecular formula is C15H17F3N2O3. The van der Waals surface area contributed by atoms with Gasteiger partial charge in [0.25, 0.3) is 5.91 Å². The van der Waals surface area contributed by atoms with Crippen molar-refractivity contribution in [1.29, 1.82) is 0 Å². The number of likely N-dealkylation sites (tertiary alicyclic amines) is 1. The lowest BCUT2D eigenvalue weighted by Gasteiger charge is -2.28. The zero-order valence-electron chi connectivity index (χ0n) is 12.7. The molecule has 1 saturated heterocycles. The minimum atomic E-state index is -4.74. The molecule has 1 aliphatic rings. The van der Waals surface area contributed by atoms with Gasteiger partial charge >= 0.3 is 12.1 Å². The van der Waals surface area contributed by atoms with Gasteiger partial charge in [-0.05, 0) is 24.5 Å². The quantitative estimate of drug-likeness (QED) is 0.925. The smallest absolute Gasteiger partial charge is 0.434 e. The molecule has 0 aliphatic carbocycles. The molecule has 0 bridgehead atoms. The highest BCUT2D eigenvalue weighted by molar-refractivity contribution is 5.96. The summed E-state index contributed by atoms with van der Waals surface area (Å²) in [7, 11) is 0. The summed E-state index contributed by atoms with van der Waals surface area (Å²) in [5.74, 6) is -2.12. The highest BCUT2D eigenvalue weighted by Gasteiger charge is 2.49. The normalized spacial score (nSPS) is 21.7. The van der Waals surface area contributed by atoms with Crippen LogP contribution in [0.4, 0.5) is 13.2 Å². The van der Waals surface area contributed by atoms with E-state index in [2.05, 4.69) is 4.98 Å². The summed E-state index contributed by atoms with van der Waals surface area (Å²) in [5, 5.41) is 9.46. The number of carboxylic acid groups (broad SMARTS) is 1. The summed E-state index contributed by atoms with van der Waals surface area (Å²) in [4.78, 5) is 28.4. The van der Waals surface area contributed by atoms with E-state index in [1.54, 1.807) is 13.8 Å². The molecule has 8 heteroatoms. The second kappa shape index (κ2) is 5.82. The molecule has 1 aromatic rings. The van der Waals surface area contributed by atoms with Crippen LogP contribution in [0.2, 0.25) is 0 Å². The summed E-state index contributed by atoms with van der Waals surface area (Å²) in [6, 6.07) is 2.32. The summed E-state index contributed by atoms with van der Waals surface area (Å²) in [5.41, 5.74) is -2.93. The molecule has 1 amide bonds. The monoisotopic (exact) mass is 330 g/mol. The maximum absolute atomic E-state index is 13.0. The Morgan fingerprint density at radius 2 is 2.04 bits per heavy atom. The number of hydrogen-bond donors (Lipinski definition) is 1. The maximum Gasteiger partial charge on any atom is 0.434 e. The Hall–Kier alpha value is -2.12. The Labute approximate surface area is 131 Å². The molecule has 0 radical (unpaired) electrons. The molecule has 1 N–H and O–H groups in total. The number of carbonyl (C=O) groups is 2. The number of halogens is 3. The first-order valence-electron chi connectivity index (χ1n) is 7.14. The third-order valence-electron chi connectivity index (χ3n) is 4.43. The summed E-state index contributed by atoms with van der Waals surface area (Å²) in [6.45, 7) is 3.46. The van der Waals surface area contributed by atoms with Gasteiger partial charge in [0.05, 0.1) is 11.0 Å². The van der Waals surface area contributed by atoms with Crippen LogP contribution in [0.3, 0.4) is 0 Å². The number of amides is 1. The highest BCUT2D eigenvalue weighted by Crippen LogP contribution is 2.39. The summed E-state index contributed by atoms with van der Waals surface area (Å²) < 4.78 is 38.9. The molecule has 0 aromatic carbocycles. The lowest BCUT2D eigenvalue weighted by molar-refractivity contribution is -0.150. The predicted octanol–water partition coefficient (Wildman–Crippen LogP) is 2.67. The summed E-state index contributed by atoms with van der Waals surface area (Å²) in [6.07, 6.45) is -3.56. The van der Waals surface area contributed by atoms with Crippen molar-refractivity contribution in [2.75, 3.05) is 13.1 Å². The van der Waals surface area contributed by atoms with E-state index in [1.165, 1.54) is 11.0 Å². The Morgan fingerprint density at radius 3 is 2.52 bits per heavy atom. The summed E-state index contributed by atoms with van der Waals surface area (Å²) >= 11 is 0. The topological polar surface area (TPSA) is 70.5 Å². The van der Waals surface area contributed by atoms with Gasteiger partial charge in [0.2, 0.25) is 0 Å². The SMILES string of the molecule is CC(C)C1(C(=O)O)CCN(C(=O)c2cccnc2C(F)(F)F)C1. The van der Waals surface area contributed by atoms with Gasteiger partial charge in [-0.25, -0.2) is 0 Å². The lowest BCUT2D eigenvalue weighted by Crippen LogP contribution is -2.41. The minimum Gasteiger partial charge on any atom is -0.481 e. The number of carboxylic acids is 1. The van der Waals surface area contributed by atoms with E-state index in [9.17, 15) is 27.9 Å². The first-order valence-corrected chi connectivity index (χ1v) is 7.14. The van der Waals surface area contributed by atoms with E-state index in [0.717, 1.165) is 12.3 Å². The Kier molecular flexibility index (Phi) is 4.37. The molecule has 0 saturated carbocycles. The van der Waals surface area contributed by atoms with Crippen LogP contribution in [0.1, 0.15) is 36.3 Å². The second-order valence-corrected chi connectivity index (χ2v) is 5.99. The number of pyridine rings is 1. The zero-order valence-corrected chi connectivity index (χ0v) is 12.7. The van der Waals surface area contributed by atoms with Crippen LogP contribution in [0.15, 0.2) is 18.3 Å². The zero-order chi connectivity index (χ0) is 17.4. The second-order valence-electron chi connectivity index (χ2n) is 5.99. The Balaban J connectivity index is 2.32. The lowest BCUT2D eigenvalue weighted by atomic mass is 9.76. The van der Waals surface area contributed by atoms with Crippen LogP contribution in [-0.4, -0.2) is 40.0 Å². The van der Waals surface area contributed by atoms with Crippen LogP contribution < -0.4 is 0 Å². The molecule has 2 rings (SSSR count). The van der Waals surface area contributed by atoms with Crippen molar-refractivity contribution < 1.29 is 27.9 Å². The fourth-order valence-corrected chi connectivity index (χ4v) is 2.87. The average Bonchev–Trinajstić information content (AvgIpc) is 2.92. The van der Waals surface area contributed by atoms with Gasteiger partial charge in [0.1, 0.15) is 0 Å². The molecule has 1 unspecified atom stereocenters. The third-order valence-corrected chi connectivity index (χ3v) is 4.43. The number of nitrogens with zero attached hydrogens (tertiary/aromatic N) is 2. The standard InChI is InChI=1S/C15H17F3N2O3/c1-9(2)14(13(22)23)5-7-20(8-14)12(21)10-4-3-6-19-11(10)15(16,17)18/h3-4,6,9H,5,7-8H2,1-2H3,(H,22,23). The number of alkyl halides is 3. The first-order chi connectivity index (χ1) is 10.6. The molecular weight excluding hydrogens is 313 g/mol. The van der Waals surface area contributed by atoms with E-state index < -0.39 is 34.7 Å². The Bertz CT molecular complexity index is 631. The number of rotatable bonds is 3. The number of aromatic nitrogens is 1. The molecule has 23 heavy (non-hydrogen) atoms. The van der Waals surface area contributed by atoms with Gasteiger partial charge in [-0.3, -0.25) is 14.6 Å². The number of aliphatic carboxylic acids is 1. The average molecular weight is 330 g/mol. The van der Waals surface area contributed by atoms with Crippen LogP contribution in [-0.2, 0) is 11.0 Å². The van der Waals surface area contributed by atoms with Gasteiger partial charge in [-0.15, -0.1) is 0 Å². The molecule has 5 nitrogen and oxygen atoms in total. The van der Waals surface area contributed by atoms with Gasteiger partial charge < -0.3 is 10.0 Å². The molecule has 126 valence electrons. The third kappa shape index (κ3) is 3.02. The van der Waals surface area contributed by atoms with Gasteiger partial charge in [0, 0.05) is 19.3 Å². The van der Waals surface area contributed by atoms with Crippen LogP contribution in [0.25, 0.3) is 0 Å². The fraction of sp³-hybridized carbons (Fsp3) is 0.533. The fourth-order valence-electron chi connectivity index (χ4n) is 2.87. The largest absolute Gasteiger partial charge is 0.481 e. The van der Waals surface area contributed by atoms with Crippen molar-refractivity contribution in [3.63, 3.8) is 0 Å². The molecule has 1 aliphatic heterocycles. The van der Waals surface area contributed by atoms with Gasteiger partial charge in [0.15, 0.2) is 5.69 Å². The van der Waals surface area contributed by atoms with Crippen molar-refractivity contribution in [3.05, 3.63) is 29.6 Å². The highest BCUT2D eigenvalue weighted by atomic mass is 19.4. The molecule has 2 heterocycles. The maximum atomic E-state index is 13.0. The molecule has 0 spiro atoms. The predicted molar refractivity (Wildman–Crippen MR) is 74.7 cm³/mol. The van der Waals surface area contributed by atoms with Crippen LogP contribution >= 0.6 is 0 Å². The molecule has 1 atom stereocenters. The van der Waals surface area contributed by atoms with Crippen molar-refractivity contribution in [2.45, 2.75) is 26.4 Å². The number of hydrogen-bond acceptors (Lipinski definition) is 3. The number of carbonyl (C=O) groups excluding carboxylic acids is 1. The Morgan fingerprint density at radius 1 is 1.39 bits per heavy atom. The van der Waals surface area contributed by atoms with E-state index in [1.807, 2.05) is 0 Å². The molecule has 1 fully saturated rings. The van der Waals surface area contributed by atoms with E-state index >= 15 is 0 Å². The van der Waals surface area contributed by atoms with E-state index in [0.29, 0.717) is 0 Å². The van der Waals surface area contributed by atoms with Gasteiger partial charge in [-0.2, -0.15) is 13.2 Å². The van der Waals surface area contributed by atoms with Crippen LogP contribution in [0.5, 0.6) is 0 Å². The van der Waals surface area contributed by atoms with E-state index in [4.69, 9.17) is 0 Å². The van der Waals surface area contributed by atoms with Crippen molar-refractivity contribution >= 4 is 11.9 Å². The van der Waals surface area contributed by atoms with Crippen molar-refractivity contribution in [1.82, 2.24) is 9.88 Å². The first kappa shape index (κ1) is 17.2. The minimum absolute atomic E-state index is 0.106. The van der Waals surface area contributed by atoms with Crippen molar-refractivity contribution in [3.8, 4) is 0 Å². The van der Waals surface area contributed by atoms with E-state index in [-0.39, 0.29) is 25.4 Å². The molecule has 1 aromatic heterocycles. The van der Waals surface area contributed by atoms with Crippen molar-refractivity contribution in [2.24, 2.45) is 11.3 Å².